The average molecular weight is 1010 g/mol. The Morgan fingerprint density at radius 2 is 1.47 bits per heavy atom. The maximum Gasteiger partial charge on any atom is 0.264 e. The van der Waals surface area contributed by atoms with Crippen molar-refractivity contribution in [3.05, 3.63) is 89.0 Å². The third-order valence-corrected chi connectivity index (χ3v) is 15.4. The van der Waals surface area contributed by atoms with Crippen LogP contribution in [0.1, 0.15) is 94.7 Å². The number of aromatic nitrogens is 2. The standard InChI is InChI=1S/C55H61N7O12/c1-55-50(69-3)40(30-43(74-55)60-37-16-8-6-12-32(37)46-47-35(31-57-52(47)66)44-33-13-7-9-17-38(33)62(55)49(44)48(46)60)59(2)42(64)18-5-4-10-22-70-24-26-72-28-29-73-27-25-71-23-21-56-36-15-11-14-34-45(36)54(68)61(53(34)67)39-19-20-41(63)58-51(39)65/h6-9,11-17,39-40,43,50,56H,4-5,10,18-31H2,1-3H3,(H,57,66)(H,58,63,65)/t39?,40-,43-,50-,55+/m1/s1. The van der Waals surface area contributed by atoms with Gasteiger partial charge >= 0.3 is 0 Å². The van der Waals surface area contributed by atoms with Crippen LogP contribution in [0.3, 0.4) is 0 Å². The van der Waals surface area contributed by atoms with Crippen LogP contribution in [-0.4, -0.2) is 146 Å². The molecule has 19 nitrogen and oxygen atoms in total. The number of nitrogens with one attached hydrogen (secondary N) is 3. The van der Waals surface area contributed by atoms with Crippen molar-refractivity contribution in [1.82, 2.24) is 29.6 Å². The molecule has 6 aromatic rings. The molecule has 2 saturated heterocycles. The molecule has 11 rings (SSSR count). The zero-order chi connectivity index (χ0) is 51.3. The van der Waals surface area contributed by atoms with Gasteiger partial charge in [0.2, 0.25) is 17.7 Å². The molecule has 388 valence electrons. The van der Waals surface area contributed by atoms with Crippen LogP contribution in [0.4, 0.5) is 5.69 Å². The van der Waals surface area contributed by atoms with E-state index in [0.29, 0.717) is 84.5 Å². The van der Waals surface area contributed by atoms with Gasteiger partial charge in [0.15, 0.2) is 5.72 Å². The van der Waals surface area contributed by atoms with E-state index in [0.717, 1.165) is 78.9 Å². The summed E-state index contributed by atoms with van der Waals surface area (Å²) in [4.78, 5) is 81.0. The topological polar surface area (TPSA) is 210 Å². The van der Waals surface area contributed by atoms with E-state index in [2.05, 4.69) is 56.3 Å². The Balaban J connectivity index is 0.598. The van der Waals surface area contributed by atoms with Crippen LogP contribution in [0.2, 0.25) is 0 Å². The quantitative estimate of drug-likeness (QED) is 0.0549. The molecule has 0 radical (unpaired) electrons. The molecule has 4 aromatic carbocycles. The molecule has 6 amide bonds. The van der Waals surface area contributed by atoms with E-state index in [4.69, 9.17) is 28.4 Å². The molecule has 5 atom stereocenters. The molecule has 3 N–H and O–H groups in total. The number of methoxy groups -OCH3 is 1. The van der Waals surface area contributed by atoms with E-state index in [1.165, 1.54) is 0 Å². The van der Waals surface area contributed by atoms with Crippen molar-refractivity contribution in [2.24, 2.45) is 0 Å². The number of carbonyl (C=O) groups is 6. The maximum absolute atomic E-state index is 14.1. The minimum absolute atomic E-state index is 0.0459. The van der Waals surface area contributed by atoms with E-state index in [1.807, 2.05) is 36.2 Å². The fraction of sp³-hybridized carbons (Fsp3) is 0.455. The van der Waals surface area contributed by atoms with Gasteiger partial charge in [0.1, 0.15) is 18.4 Å². The molecule has 0 aliphatic carbocycles. The lowest BCUT2D eigenvalue weighted by atomic mass is 9.91. The number of hydrogen-bond donors (Lipinski definition) is 3. The number of ether oxygens (including phenoxy) is 6. The first-order chi connectivity index (χ1) is 36.0. The summed E-state index contributed by atoms with van der Waals surface area (Å²) >= 11 is 0. The van der Waals surface area contributed by atoms with Crippen molar-refractivity contribution in [3.8, 4) is 0 Å². The highest BCUT2D eigenvalue weighted by molar-refractivity contribution is 6.31. The summed E-state index contributed by atoms with van der Waals surface area (Å²) in [6.07, 6.45) is 2.45. The average Bonchev–Trinajstić information content (AvgIpc) is 4.13. The van der Waals surface area contributed by atoms with E-state index in [9.17, 15) is 28.8 Å². The molecule has 2 fully saturated rings. The second-order valence-electron chi connectivity index (χ2n) is 19.7. The van der Waals surface area contributed by atoms with Gasteiger partial charge in [-0.3, -0.25) is 39.0 Å². The van der Waals surface area contributed by atoms with Crippen molar-refractivity contribution >= 4 is 84.7 Å². The van der Waals surface area contributed by atoms with Gasteiger partial charge in [-0.25, -0.2) is 0 Å². The number of fused-ring (bicyclic) bond motifs is 14. The third-order valence-electron chi connectivity index (χ3n) is 15.4. The van der Waals surface area contributed by atoms with Gasteiger partial charge in [0.05, 0.1) is 91.0 Å². The number of amides is 6. The van der Waals surface area contributed by atoms with Crippen LogP contribution in [0.25, 0.3) is 43.6 Å². The highest BCUT2D eigenvalue weighted by Crippen LogP contribution is 2.54. The molecule has 2 bridgehead atoms. The van der Waals surface area contributed by atoms with Gasteiger partial charge in [0, 0.05) is 80.3 Å². The Morgan fingerprint density at radius 1 is 0.784 bits per heavy atom. The highest BCUT2D eigenvalue weighted by atomic mass is 16.6. The lowest BCUT2D eigenvalue weighted by molar-refractivity contribution is -0.266. The van der Waals surface area contributed by atoms with Gasteiger partial charge in [-0.15, -0.1) is 0 Å². The number of carbonyl (C=O) groups excluding carboxylic acids is 6. The van der Waals surface area contributed by atoms with Crippen LogP contribution in [0.5, 0.6) is 0 Å². The summed E-state index contributed by atoms with van der Waals surface area (Å²) < 4.78 is 41.1. The number of imide groups is 2. The Morgan fingerprint density at radius 3 is 2.20 bits per heavy atom. The molecule has 7 heterocycles. The number of para-hydroxylation sites is 2. The largest absolute Gasteiger partial charge is 0.382 e. The number of likely N-dealkylation sites (N-methyl/N-ethyl adjacent to an activating group) is 1. The van der Waals surface area contributed by atoms with Crippen molar-refractivity contribution in [2.75, 3.05) is 78.9 Å². The lowest BCUT2D eigenvalue weighted by Crippen LogP contribution is -2.61. The second-order valence-corrected chi connectivity index (χ2v) is 19.7. The number of rotatable bonds is 22. The zero-order valence-electron chi connectivity index (χ0n) is 41.9. The molecule has 19 heteroatoms. The van der Waals surface area contributed by atoms with Crippen LogP contribution < -0.4 is 16.0 Å². The first-order valence-electron chi connectivity index (χ1n) is 25.7. The fourth-order valence-corrected chi connectivity index (χ4v) is 12.1. The molecule has 5 aliphatic heterocycles. The summed E-state index contributed by atoms with van der Waals surface area (Å²) in [6.45, 7) is 6.20. The molecule has 74 heavy (non-hydrogen) atoms. The van der Waals surface area contributed by atoms with Crippen molar-refractivity contribution in [2.45, 2.75) is 88.6 Å². The molecular weight excluding hydrogens is 951 g/mol. The fourth-order valence-electron chi connectivity index (χ4n) is 12.1. The zero-order valence-corrected chi connectivity index (χ0v) is 41.9. The third kappa shape index (κ3) is 8.39. The summed E-state index contributed by atoms with van der Waals surface area (Å²) in [5, 5.41) is 12.5. The van der Waals surface area contributed by atoms with Gasteiger partial charge in [-0.1, -0.05) is 48.9 Å². The smallest absolute Gasteiger partial charge is 0.264 e. The van der Waals surface area contributed by atoms with E-state index >= 15 is 0 Å². The number of hydrogen-bond acceptors (Lipinski definition) is 13. The Bertz CT molecular complexity index is 3240. The second kappa shape index (κ2) is 20.5. The van der Waals surface area contributed by atoms with Gasteiger partial charge in [-0.2, -0.15) is 0 Å². The molecule has 2 aromatic heterocycles. The summed E-state index contributed by atoms with van der Waals surface area (Å²) in [7, 11) is 3.59. The number of piperidine rings is 1. The number of nitrogens with zero attached hydrogens (tertiary/aromatic N) is 4. The first kappa shape index (κ1) is 49.5. The molecule has 5 aliphatic rings. The maximum atomic E-state index is 14.1. The summed E-state index contributed by atoms with van der Waals surface area (Å²) in [5.74, 6) is -2.21. The monoisotopic (exact) mass is 1010 g/mol. The first-order valence-corrected chi connectivity index (χ1v) is 25.7. The van der Waals surface area contributed by atoms with Crippen molar-refractivity contribution < 1.29 is 57.2 Å². The Labute approximate surface area is 426 Å². The van der Waals surface area contributed by atoms with Crippen LogP contribution in [0.15, 0.2) is 66.7 Å². The highest BCUT2D eigenvalue weighted by Gasteiger charge is 2.55. The van der Waals surface area contributed by atoms with Crippen molar-refractivity contribution in [3.63, 3.8) is 0 Å². The summed E-state index contributed by atoms with van der Waals surface area (Å²) in [6, 6.07) is 20.1. The van der Waals surface area contributed by atoms with Gasteiger partial charge in [-0.05, 0) is 56.0 Å². The lowest BCUT2D eigenvalue weighted by Gasteiger charge is -2.50. The predicted molar refractivity (Wildman–Crippen MR) is 273 cm³/mol. The van der Waals surface area contributed by atoms with E-state index in [-0.39, 0.29) is 41.8 Å². The normalized spacial score (nSPS) is 22.0. The molecule has 1 unspecified atom stereocenters. The minimum atomic E-state index is -1.02. The summed E-state index contributed by atoms with van der Waals surface area (Å²) in [5.41, 5.74) is 5.54. The number of unbranched alkanes of at least 4 members (excludes halogenated alkanes) is 2. The number of benzene rings is 4. The van der Waals surface area contributed by atoms with Gasteiger partial charge < -0.3 is 53.1 Å². The molecular formula is C55H61N7O12. The molecule has 0 spiro atoms. The van der Waals surface area contributed by atoms with Crippen molar-refractivity contribution in [1.29, 1.82) is 0 Å². The predicted octanol–water partition coefficient (Wildman–Crippen LogP) is 5.73. The van der Waals surface area contributed by atoms with Crippen LogP contribution >= 0.6 is 0 Å². The SMILES string of the molecule is CO[C@@H]1[C@H](N(C)C(=O)CCCCCOCCOCCOCCOCCNc2cccc3c2C(=O)N(C2CCC(=O)NC2=O)C3=O)C[C@H]2O[C@]1(C)n1c3ccccc3c3c4c(c5c6ccccc6n2c5c31)C(=O)NC4. The van der Waals surface area contributed by atoms with E-state index in [1.54, 1.807) is 25.3 Å². The minimum Gasteiger partial charge on any atom is -0.382 e. The Kier molecular flexibility index (Phi) is 13.7. The van der Waals surface area contributed by atoms with Crippen LogP contribution in [0, 0.1) is 0 Å². The van der Waals surface area contributed by atoms with Crippen LogP contribution in [-0.2, 0) is 55.1 Å². The Hall–Kier alpha value is -6.74. The van der Waals surface area contributed by atoms with E-state index < -0.39 is 47.7 Å². The molecule has 0 saturated carbocycles. The number of anilines is 1. The van der Waals surface area contributed by atoms with Gasteiger partial charge in [0.25, 0.3) is 17.7 Å².